The topological polar surface area (TPSA) is 22.1 Å². The van der Waals surface area contributed by atoms with Crippen molar-refractivity contribution in [3.05, 3.63) is 77.9 Å². The zero-order chi connectivity index (χ0) is 20.5. The van der Waals surface area contributed by atoms with Crippen molar-refractivity contribution >= 4 is 0 Å². The number of hydrogen-bond acceptors (Lipinski definition) is 2. The number of hydrogen-bond donors (Lipinski definition) is 0. The van der Waals surface area contributed by atoms with Crippen molar-refractivity contribution in [2.75, 3.05) is 0 Å². The van der Waals surface area contributed by atoms with Gasteiger partial charge in [0.2, 0.25) is 0 Å². The number of alkyl halides is 6. The van der Waals surface area contributed by atoms with Crippen molar-refractivity contribution in [3.63, 3.8) is 0 Å². The van der Waals surface area contributed by atoms with Crippen LogP contribution in [0.5, 0.6) is 11.5 Å². The van der Waals surface area contributed by atoms with Gasteiger partial charge in [0, 0.05) is 23.9 Å². The van der Waals surface area contributed by atoms with Gasteiger partial charge in [0.15, 0.2) is 0 Å². The average Bonchev–Trinajstić information content (AvgIpc) is 2.60. The molecule has 0 aliphatic heterocycles. The van der Waals surface area contributed by atoms with Crippen LogP contribution < -0.4 is 4.74 Å². The highest BCUT2D eigenvalue weighted by Crippen LogP contribution is 2.38. The highest BCUT2D eigenvalue weighted by molar-refractivity contribution is 5.69. The second-order valence-corrected chi connectivity index (χ2v) is 5.60. The highest BCUT2D eigenvalue weighted by atomic mass is 19.4. The molecule has 145 valence electrons. The van der Waals surface area contributed by atoms with Crippen LogP contribution in [0.15, 0.2) is 54.7 Å². The number of aromatic nitrogens is 1. The van der Waals surface area contributed by atoms with Crippen molar-refractivity contribution in [2.24, 2.45) is 0 Å². The summed E-state index contributed by atoms with van der Waals surface area (Å²) >= 11 is 0. The van der Waals surface area contributed by atoms with E-state index in [4.69, 9.17) is 4.74 Å². The lowest BCUT2D eigenvalue weighted by molar-refractivity contribution is -0.141. The highest BCUT2D eigenvalue weighted by Gasteiger charge is 2.34. The van der Waals surface area contributed by atoms with Gasteiger partial charge in [-0.2, -0.15) is 26.3 Å². The molecule has 0 N–H and O–H groups in total. The molecule has 0 fully saturated rings. The van der Waals surface area contributed by atoms with Gasteiger partial charge in [-0.1, -0.05) is 12.1 Å². The van der Waals surface area contributed by atoms with Crippen LogP contribution in [0, 0.1) is 11.9 Å². The molecule has 0 atom stereocenters. The van der Waals surface area contributed by atoms with E-state index in [1.807, 2.05) is 6.07 Å². The fourth-order valence-corrected chi connectivity index (χ4v) is 2.41. The van der Waals surface area contributed by atoms with Gasteiger partial charge in [0.05, 0.1) is 5.56 Å². The Morgan fingerprint density at radius 3 is 2.21 bits per heavy atom. The molecule has 1 aromatic heterocycles. The molecule has 28 heavy (non-hydrogen) atoms. The van der Waals surface area contributed by atoms with Crippen molar-refractivity contribution in [2.45, 2.75) is 12.4 Å². The molecule has 2 nitrogen and oxygen atoms in total. The maximum absolute atomic E-state index is 13.5. The first-order chi connectivity index (χ1) is 13.0. The molecule has 1 heterocycles. The predicted molar refractivity (Wildman–Crippen MR) is 85.0 cm³/mol. The Morgan fingerprint density at radius 1 is 0.821 bits per heavy atom. The Labute approximate surface area is 154 Å². The predicted octanol–water partition coefficient (Wildman–Crippen LogP) is 6.52. The smallest absolute Gasteiger partial charge is 0.433 e. The van der Waals surface area contributed by atoms with Crippen molar-refractivity contribution in [1.29, 1.82) is 0 Å². The van der Waals surface area contributed by atoms with E-state index in [9.17, 15) is 30.7 Å². The minimum Gasteiger partial charge on any atom is -0.457 e. The minimum atomic E-state index is -4.75. The van der Waals surface area contributed by atoms with E-state index in [0.717, 1.165) is 18.3 Å². The van der Waals surface area contributed by atoms with Gasteiger partial charge in [0.25, 0.3) is 0 Å². The van der Waals surface area contributed by atoms with Crippen LogP contribution in [-0.4, -0.2) is 4.98 Å². The second kappa shape index (κ2) is 7.14. The molecule has 2 aromatic carbocycles. The molecule has 3 rings (SSSR count). The number of pyridine rings is 1. The van der Waals surface area contributed by atoms with Crippen LogP contribution in [0.1, 0.15) is 11.3 Å². The summed E-state index contributed by atoms with van der Waals surface area (Å²) in [6.45, 7) is 0. The third-order valence-corrected chi connectivity index (χ3v) is 3.60. The third kappa shape index (κ3) is 4.41. The lowest BCUT2D eigenvalue weighted by Gasteiger charge is -2.14. The maximum Gasteiger partial charge on any atom is 0.433 e. The zero-order valence-corrected chi connectivity index (χ0v) is 13.7. The molecule has 0 unspecified atom stereocenters. The molecule has 1 radical (unpaired) electrons. The number of halogens is 7. The molecule has 0 saturated heterocycles. The Morgan fingerprint density at radius 2 is 1.54 bits per heavy atom. The summed E-state index contributed by atoms with van der Waals surface area (Å²) in [7, 11) is 0. The van der Waals surface area contributed by atoms with Crippen molar-refractivity contribution in [3.8, 4) is 22.6 Å². The first-order valence-corrected chi connectivity index (χ1v) is 7.64. The molecule has 0 aliphatic rings. The molecule has 0 aliphatic carbocycles. The number of nitrogens with zero attached hydrogens (tertiary/aromatic N) is 1. The summed E-state index contributed by atoms with van der Waals surface area (Å²) in [6.07, 6.45) is -8.54. The monoisotopic (exact) mass is 400 g/mol. The second-order valence-electron chi connectivity index (χ2n) is 5.60. The summed E-state index contributed by atoms with van der Waals surface area (Å²) in [6, 6.07) is 10.2. The Kier molecular flexibility index (Phi) is 5.01. The number of benzene rings is 2. The van der Waals surface area contributed by atoms with Crippen LogP contribution in [0.2, 0.25) is 0 Å². The largest absolute Gasteiger partial charge is 0.457 e. The van der Waals surface area contributed by atoms with Crippen molar-refractivity contribution in [1.82, 2.24) is 4.98 Å². The van der Waals surface area contributed by atoms with Gasteiger partial charge in [-0.25, -0.2) is 4.39 Å². The molecular formula is C19H9F7NO. The lowest BCUT2D eigenvalue weighted by Crippen LogP contribution is -2.08. The van der Waals surface area contributed by atoms with E-state index >= 15 is 0 Å². The summed E-state index contributed by atoms with van der Waals surface area (Å²) in [4.78, 5) is 3.19. The molecule has 0 bridgehead atoms. The molecule has 3 aromatic rings. The fraction of sp³-hybridized carbons (Fsp3) is 0.105. The van der Waals surface area contributed by atoms with Crippen LogP contribution in [0.25, 0.3) is 11.1 Å². The van der Waals surface area contributed by atoms with E-state index in [2.05, 4.69) is 4.98 Å². The van der Waals surface area contributed by atoms with E-state index in [0.29, 0.717) is 18.2 Å². The van der Waals surface area contributed by atoms with Crippen LogP contribution in [0.3, 0.4) is 0 Å². The fourth-order valence-electron chi connectivity index (χ4n) is 2.41. The quantitative estimate of drug-likeness (QED) is 0.467. The minimum absolute atomic E-state index is 0.0392. The Bertz CT molecular complexity index is 996. The molecular weight excluding hydrogens is 391 g/mol. The van der Waals surface area contributed by atoms with Crippen LogP contribution in [0.4, 0.5) is 30.7 Å². The van der Waals surface area contributed by atoms with Gasteiger partial charge in [-0.15, -0.1) is 0 Å². The van der Waals surface area contributed by atoms with E-state index < -0.39 is 35.0 Å². The van der Waals surface area contributed by atoms with Gasteiger partial charge in [-0.05, 0) is 35.9 Å². The molecule has 0 amide bonds. The SMILES string of the molecule is Fc1[c]c(-c2cccc(Oc3ccnc(C(F)(F)F)c3)c2)c(C(F)(F)F)cc1. The lowest BCUT2D eigenvalue weighted by atomic mass is 9.99. The maximum atomic E-state index is 13.5. The third-order valence-electron chi connectivity index (χ3n) is 3.60. The summed E-state index contributed by atoms with van der Waals surface area (Å²) < 4.78 is 96.5. The van der Waals surface area contributed by atoms with Crippen molar-refractivity contribution < 1.29 is 35.5 Å². The van der Waals surface area contributed by atoms with E-state index in [-0.39, 0.29) is 17.1 Å². The summed E-state index contributed by atoms with van der Waals surface area (Å²) in [5, 5.41) is 0. The number of ether oxygens (including phenoxy) is 1. The Hall–Kier alpha value is -3.10. The normalized spacial score (nSPS) is 12.1. The summed E-state index contributed by atoms with van der Waals surface area (Å²) in [5.41, 5.74) is -2.88. The Balaban J connectivity index is 1.98. The standard InChI is InChI=1S/C19H9F7NO/c20-12-4-5-16(18(21,22)23)15(9-12)11-2-1-3-13(8-11)28-14-6-7-27-17(10-14)19(24,25)26/h1-8,10H. The molecule has 9 heteroatoms. The first kappa shape index (κ1) is 19.7. The van der Waals surface area contributed by atoms with Gasteiger partial charge in [-0.3, -0.25) is 4.98 Å². The average molecular weight is 400 g/mol. The van der Waals surface area contributed by atoms with E-state index in [1.165, 1.54) is 18.2 Å². The number of rotatable bonds is 3. The zero-order valence-electron chi connectivity index (χ0n) is 13.7. The van der Waals surface area contributed by atoms with Crippen LogP contribution in [-0.2, 0) is 12.4 Å². The van der Waals surface area contributed by atoms with Crippen LogP contribution >= 0.6 is 0 Å². The van der Waals surface area contributed by atoms with Gasteiger partial charge < -0.3 is 4.74 Å². The van der Waals surface area contributed by atoms with Gasteiger partial charge in [0.1, 0.15) is 23.0 Å². The van der Waals surface area contributed by atoms with Gasteiger partial charge >= 0.3 is 12.4 Å². The first-order valence-electron chi connectivity index (χ1n) is 7.64. The molecule has 0 saturated carbocycles. The molecule has 0 spiro atoms. The summed E-state index contributed by atoms with van der Waals surface area (Å²) in [5.74, 6) is -1.24. The van der Waals surface area contributed by atoms with E-state index in [1.54, 1.807) is 0 Å².